The normalized spacial score (nSPS) is 27.0. The Bertz CT molecular complexity index is 704. The highest BCUT2D eigenvalue weighted by Gasteiger charge is 2.53. The van der Waals surface area contributed by atoms with E-state index >= 15 is 0 Å². The number of ether oxygens (including phenoxy) is 2. The second kappa shape index (κ2) is 9.49. The van der Waals surface area contributed by atoms with Crippen LogP contribution in [0.2, 0.25) is 0 Å². The molecule has 1 aromatic heterocycles. The third-order valence-electron chi connectivity index (χ3n) is 5.89. The van der Waals surface area contributed by atoms with E-state index < -0.39 is 29.6 Å². The molecule has 1 unspecified atom stereocenters. The highest BCUT2D eigenvalue weighted by molar-refractivity contribution is 5.73. The molecular weight excluding hydrogens is 399 g/mol. The first-order valence-corrected chi connectivity index (χ1v) is 10.6. The molecule has 167 valence electrons. The summed E-state index contributed by atoms with van der Waals surface area (Å²) in [4.78, 5) is 19.8. The zero-order valence-electron chi connectivity index (χ0n) is 17.2. The average molecular weight is 428 g/mol. The van der Waals surface area contributed by atoms with Gasteiger partial charge < -0.3 is 9.47 Å². The molecular formula is C21H29F3N3O3. The van der Waals surface area contributed by atoms with Crippen LogP contribution in [-0.2, 0) is 15.7 Å². The summed E-state index contributed by atoms with van der Waals surface area (Å²) in [5.41, 5.74) is -2.10. The molecule has 1 radical (unpaired) electrons. The van der Waals surface area contributed by atoms with E-state index in [9.17, 15) is 18.0 Å². The van der Waals surface area contributed by atoms with E-state index in [0.717, 1.165) is 38.3 Å². The van der Waals surface area contributed by atoms with Crippen LogP contribution in [0.3, 0.4) is 0 Å². The predicted octanol–water partition coefficient (Wildman–Crippen LogP) is 4.31. The molecule has 0 amide bonds. The molecule has 0 aromatic carbocycles. The van der Waals surface area contributed by atoms with E-state index in [0.29, 0.717) is 37.9 Å². The summed E-state index contributed by atoms with van der Waals surface area (Å²) in [6.45, 7) is 6.77. The summed E-state index contributed by atoms with van der Waals surface area (Å²) in [6.07, 6.45) is 3.45. The quantitative estimate of drug-likeness (QED) is 0.467. The number of hydrogen-bond acceptors (Lipinski definition) is 6. The van der Waals surface area contributed by atoms with Gasteiger partial charge in [0.25, 0.3) is 0 Å². The third kappa shape index (κ3) is 5.42. The summed E-state index contributed by atoms with van der Waals surface area (Å²) in [5, 5.41) is 3.28. The summed E-state index contributed by atoms with van der Waals surface area (Å²) in [6, 6.07) is 0. The summed E-state index contributed by atoms with van der Waals surface area (Å²) in [5.74, 6) is -0.526. The van der Waals surface area contributed by atoms with Crippen LogP contribution in [0.4, 0.5) is 13.2 Å². The van der Waals surface area contributed by atoms with E-state index in [1.807, 2.05) is 0 Å². The SMILES string of the molecule is [CH2]C(CCCCCC)C(=O)O[C@]12CC[C@@H](CN1)C[C@H]2Oc1cnc(C(F)(F)F)cn1. The van der Waals surface area contributed by atoms with Crippen LogP contribution in [-0.4, -0.2) is 34.3 Å². The monoisotopic (exact) mass is 428 g/mol. The van der Waals surface area contributed by atoms with Crippen LogP contribution in [0.5, 0.6) is 5.88 Å². The number of nitrogens with one attached hydrogen (secondary N) is 1. The molecule has 1 saturated carbocycles. The third-order valence-corrected chi connectivity index (χ3v) is 5.89. The van der Waals surface area contributed by atoms with Crippen molar-refractivity contribution in [2.75, 3.05) is 6.54 Å². The molecule has 6 nitrogen and oxygen atoms in total. The maximum Gasteiger partial charge on any atom is 0.434 e. The number of halogens is 3. The molecule has 2 aliphatic heterocycles. The van der Waals surface area contributed by atoms with Gasteiger partial charge in [-0.05, 0) is 32.1 Å². The first-order chi connectivity index (χ1) is 14.2. The second-order valence-electron chi connectivity index (χ2n) is 8.22. The van der Waals surface area contributed by atoms with Gasteiger partial charge in [-0.25, -0.2) is 9.97 Å². The van der Waals surface area contributed by atoms with Crippen molar-refractivity contribution < 1.29 is 27.4 Å². The van der Waals surface area contributed by atoms with Crippen molar-refractivity contribution in [1.82, 2.24) is 15.3 Å². The number of alkyl halides is 3. The molecule has 1 N–H and O–H groups in total. The lowest BCUT2D eigenvalue weighted by Gasteiger charge is -2.50. The zero-order valence-corrected chi connectivity index (χ0v) is 17.2. The molecule has 3 aliphatic rings. The Morgan fingerprint density at radius 3 is 2.73 bits per heavy atom. The predicted molar refractivity (Wildman–Crippen MR) is 103 cm³/mol. The number of esters is 1. The Morgan fingerprint density at radius 1 is 1.33 bits per heavy atom. The minimum atomic E-state index is -4.56. The van der Waals surface area contributed by atoms with E-state index in [4.69, 9.17) is 9.47 Å². The number of unbranched alkanes of at least 4 members (excludes halogenated alkanes) is 3. The highest BCUT2D eigenvalue weighted by Crippen LogP contribution is 2.40. The number of nitrogens with zero attached hydrogens (tertiary/aromatic N) is 2. The minimum Gasteiger partial charge on any atom is -0.467 e. The molecule has 9 heteroatoms. The van der Waals surface area contributed by atoms with Gasteiger partial charge in [-0.15, -0.1) is 0 Å². The fourth-order valence-corrected chi connectivity index (χ4v) is 4.06. The van der Waals surface area contributed by atoms with Gasteiger partial charge in [0.1, 0.15) is 0 Å². The van der Waals surface area contributed by atoms with Gasteiger partial charge in [-0.2, -0.15) is 13.2 Å². The van der Waals surface area contributed by atoms with Crippen LogP contribution in [0.1, 0.15) is 64.0 Å². The number of piperidine rings is 2. The largest absolute Gasteiger partial charge is 0.467 e. The first-order valence-electron chi connectivity index (χ1n) is 10.6. The van der Waals surface area contributed by atoms with E-state index in [1.54, 1.807) is 0 Å². The molecule has 3 heterocycles. The number of fused-ring (bicyclic) bond motifs is 3. The zero-order chi connectivity index (χ0) is 21.8. The van der Waals surface area contributed by atoms with Gasteiger partial charge in [0.2, 0.25) is 11.6 Å². The lowest BCUT2D eigenvalue weighted by molar-refractivity contribution is -0.202. The van der Waals surface area contributed by atoms with Crippen LogP contribution >= 0.6 is 0 Å². The number of carbonyl (C=O) groups is 1. The maximum absolute atomic E-state index is 12.7. The van der Waals surface area contributed by atoms with Crippen molar-refractivity contribution in [2.45, 2.75) is 76.3 Å². The van der Waals surface area contributed by atoms with Crippen molar-refractivity contribution >= 4 is 5.97 Å². The number of hydrogen-bond donors (Lipinski definition) is 1. The second-order valence-corrected chi connectivity index (χ2v) is 8.22. The van der Waals surface area contributed by atoms with Gasteiger partial charge >= 0.3 is 12.1 Å². The molecule has 3 fully saturated rings. The molecule has 2 bridgehead atoms. The Kier molecular flexibility index (Phi) is 7.21. The van der Waals surface area contributed by atoms with Crippen molar-refractivity contribution in [2.24, 2.45) is 11.8 Å². The molecule has 30 heavy (non-hydrogen) atoms. The van der Waals surface area contributed by atoms with E-state index in [-0.39, 0.29) is 11.8 Å². The van der Waals surface area contributed by atoms with Crippen molar-refractivity contribution in [3.8, 4) is 5.88 Å². The highest BCUT2D eigenvalue weighted by atomic mass is 19.4. The van der Waals surface area contributed by atoms with Crippen molar-refractivity contribution in [3.05, 3.63) is 25.0 Å². The molecule has 4 rings (SSSR count). The summed E-state index contributed by atoms with van der Waals surface area (Å²) in [7, 11) is 0. The van der Waals surface area contributed by atoms with Gasteiger partial charge in [0, 0.05) is 13.0 Å². The lowest BCUT2D eigenvalue weighted by Crippen LogP contribution is -2.67. The Morgan fingerprint density at radius 2 is 2.13 bits per heavy atom. The van der Waals surface area contributed by atoms with Crippen molar-refractivity contribution in [3.63, 3.8) is 0 Å². The fraction of sp³-hybridized carbons (Fsp3) is 0.714. The molecule has 2 saturated heterocycles. The smallest absolute Gasteiger partial charge is 0.434 e. The van der Waals surface area contributed by atoms with Gasteiger partial charge in [0.05, 0.1) is 18.3 Å². The number of rotatable bonds is 9. The molecule has 1 aliphatic carbocycles. The van der Waals surface area contributed by atoms with E-state index in [2.05, 4.69) is 29.1 Å². The van der Waals surface area contributed by atoms with Crippen LogP contribution < -0.4 is 10.1 Å². The Labute approximate surface area is 174 Å². The van der Waals surface area contributed by atoms with Gasteiger partial charge in [0.15, 0.2) is 11.8 Å². The van der Waals surface area contributed by atoms with E-state index in [1.165, 1.54) is 0 Å². The molecule has 1 aromatic rings. The van der Waals surface area contributed by atoms with Crippen molar-refractivity contribution in [1.29, 1.82) is 0 Å². The van der Waals surface area contributed by atoms with Crippen LogP contribution in [0, 0.1) is 18.8 Å². The standard InChI is InChI=1S/C21H29F3N3O3/c1-3-4-5-6-7-14(2)19(28)30-20-9-8-15(11-27-20)10-17(20)29-18-13-25-16(12-26-18)21(22,23)24/h12-15,17,27H,2-11H2,1H3/t14?,15-,17-,20+/m1/s1. The first kappa shape index (κ1) is 22.8. The fourth-order valence-electron chi connectivity index (χ4n) is 4.06. The van der Waals surface area contributed by atoms with Crippen LogP contribution in [0.15, 0.2) is 12.4 Å². The van der Waals surface area contributed by atoms with Crippen LogP contribution in [0.25, 0.3) is 0 Å². The lowest BCUT2D eigenvalue weighted by atomic mass is 9.76. The maximum atomic E-state index is 12.7. The van der Waals surface area contributed by atoms with Gasteiger partial charge in [-0.3, -0.25) is 10.1 Å². The number of aromatic nitrogens is 2. The molecule has 4 atom stereocenters. The minimum absolute atomic E-state index is 0.0245. The Balaban J connectivity index is 1.64. The van der Waals surface area contributed by atoms with Gasteiger partial charge in [-0.1, -0.05) is 32.6 Å². The topological polar surface area (TPSA) is 73.3 Å². The number of carbonyl (C=O) groups excluding carboxylic acids is 1. The average Bonchev–Trinajstić information content (AvgIpc) is 2.72. The molecule has 0 spiro atoms. The summed E-state index contributed by atoms with van der Waals surface area (Å²) < 4.78 is 49.8. The Hall–Kier alpha value is -1.90. The summed E-state index contributed by atoms with van der Waals surface area (Å²) >= 11 is 0.